The van der Waals surface area contributed by atoms with Crippen molar-refractivity contribution in [3.8, 4) is 11.1 Å². The molecule has 0 aromatic heterocycles. The molecule has 6 rings (SSSR count). The Bertz CT molecular complexity index is 1480. The molecule has 2 aliphatic rings. The standard InChI is InChI=1S/C34H31F6N3/c35-33(36,37)25-18-23(19-26(20-25)34(38,39)40)21-41-22-31(24-8-2-1-3-9-24)42-14-16-43(17-15-42)32-29-12-6-4-10-27(29)28-11-5-7-13-30(28)32/h1-13,18-20,31-32,41H,14-17,21-22H2. The van der Waals surface area contributed by atoms with Gasteiger partial charge in [0.2, 0.25) is 0 Å². The summed E-state index contributed by atoms with van der Waals surface area (Å²) in [5.74, 6) is 0. The molecule has 3 nitrogen and oxygen atoms in total. The Labute approximate surface area is 246 Å². The Morgan fingerprint density at radius 2 is 1.16 bits per heavy atom. The number of nitrogens with one attached hydrogen (secondary N) is 1. The van der Waals surface area contributed by atoms with Crippen molar-refractivity contribution in [2.24, 2.45) is 0 Å². The number of fused-ring (bicyclic) bond motifs is 3. The van der Waals surface area contributed by atoms with Crippen LogP contribution in [0.2, 0.25) is 0 Å². The molecule has 4 aromatic carbocycles. The lowest BCUT2D eigenvalue weighted by Crippen LogP contribution is -2.50. The number of nitrogens with zero attached hydrogens (tertiary/aromatic N) is 2. The topological polar surface area (TPSA) is 18.5 Å². The van der Waals surface area contributed by atoms with E-state index in [1.165, 1.54) is 22.3 Å². The maximum atomic E-state index is 13.4. The van der Waals surface area contributed by atoms with Gasteiger partial charge in [0, 0.05) is 45.3 Å². The number of hydrogen-bond donors (Lipinski definition) is 1. The SMILES string of the molecule is FC(F)(F)c1cc(CNCC(c2ccccc2)N2CCN(C3c4ccccc4-c4ccccc43)CC2)cc(C(F)(F)F)c1. The molecule has 224 valence electrons. The largest absolute Gasteiger partial charge is 0.416 e. The average Bonchev–Trinajstić information content (AvgIpc) is 3.33. The van der Waals surface area contributed by atoms with E-state index in [-0.39, 0.29) is 30.3 Å². The molecule has 9 heteroatoms. The third-order valence-corrected chi connectivity index (χ3v) is 8.45. The first kappa shape index (κ1) is 29.4. The van der Waals surface area contributed by atoms with Gasteiger partial charge in [0.05, 0.1) is 17.2 Å². The molecule has 4 aromatic rings. The van der Waals surface area contributed by atoms with E-state index in [9.17, 15) is 26.3 Å². The number of benzene rings is 4. The van der Waals surface area contributed by atoms with E-state index in [1.54, 1.807) is 0 Å². The van der Waals surface area contributed by atoms with E-state index >= 15 is 0 Å². The first-order chi connectivity index (χ1) is 20.6. The maximum absolute atomic E-state index is 13.4. The summed E-state index contributed by atoms with van der Waals surface area (Å²) in [7, 11) is 0. The van der Waals surface area contributed by atoms with Crippen LogP contribution < -0.4 is 5.32 Å². The van der Waals surface area contributed by atoms with Crippen molar-refractivity contribution in [1.29, 1.82) is 0 Å². The van der Waals surface area contributed by atoms with Crippen molar-refractivity contribution in [3.63, 3.8) is 0 Å². The molecule has 0 saturated carbocycles. The second kappa shape index (κ2) is 11.8. The molecule has 1 aliphatic heterocycles. The van der Waals surface area contributed by atoms with Crippen LogP contribution in [-0.4, -0.2) is 42.5 Å². The summed E-state index contributed by atoms with van der Waals surface area (Å²) in [6, 6.07) is 28.6. The summed E-state index contributed by atoms with van der Waals surface area (Å²) in [5, 5.41) is 3.16. The first-order valence-electron chi connectivity index (χ1n) is 14.3. The van der Waals surface area contributed by atoms with Crippen molar-refractivity contribution >= 4 is 0 Å². The van der Waals surface area contributed by atoms with E-state index in [0.717, 1.165) is 43.9 Å². The minimum atomic E-state index is -4.87. The van der Waals surface area contributed by atoms with Crippen LogP contribution in [0.4, 0.5) is 26.3 Å². The highest BCUT2D eigenvalue weighted by Gasteiger charge is 2.38. The van der Waals surface area contributed by atoms with Crippen molar-refractivity contribution in [2.45, 2.75) is 31.0 Å². The minimum absolute atomic E-state index is 0.0580. The Morgan fingerprint density at radius 3 is 1.70 bits per heavy atom. The fraction of sp³-hybridized carbons (Fsp3) is 0.294. The van der Waals surface area contributed by atoms with Crippen LogP contribution in [0.15, 0.2) is 97.1 Å². The molecule has 1 atom stereocenters. The fourth-order valence-corrected chi connectivity index (χ4v) is 6.44. The zero-order valence-electron chi connectivity index (χ0n) is 23.3. The van der Waals surface area contributed by atoms with Crippen LogP contribution in [-0.2, 0) is 18.9 Å². The highest BCUT2D eigenvalue weighted by molar-refractivity contribution is 5.78. The van der Waals surface area contributed by atoms with Crippen LogP contribution in [0.1, 0.15) is 45.5 Å². The number of rotatable bonds is 7. The van der Waals surface area contributed by atoms with Gasteiger partial charge in [-0.15, -0.1) is 0 Å². The summed E-state index contributed by atoms with van der Waals surface area (Å²) in [6.07, 6.45) is -9.74. The quantitative estimate of drug-likeness (QED) is 0.219. The molecule has 1 saturated heterocycles. The van der Waals surface area contributed by atoms with Crippen LogP contribution in [0.3, 0.4) is 0 Å². The summed E-state index contributed by atoms with van der Waals surface area (Å²) < 4.78 is 80.2. The van der Waals surface area contributed by atoms with E-state index in [2.05, 4.69) is 63.6 Å². The normalized spacial score (nSPS) is 17.1. The van der Waals surface area contributed by atoms with Crippen molar-refractivity contribution in [2.75, 3.05) is 32.7 Å². The first-order valence-corrected chi connectivity index (χ1v) is 14.3. The van der Waals surface area contributed by atoms with Crippen LogP contribution >= 0.6 is 0 Å². The van der Waals surface area contributed by atoms with Gasteiger partial charge in [0.25, 0.3) is 0 Å². The van der Waals surface area contributed by atoms with Crippen LogP contribution in [0.25, 0.3) is 11.1 Å². The molecule has 43 heavy (non-hydrogen) atoms. The number of halogens is 6. The fourth-order valence-electron chi connectivity index (χ4n) is 6.44. The molecule has 0 bridgehead atoms. The molecule has 1 N–H and O–H groups in total. The summed E-state index contributed by atoms with van der Waals surface area (Å²) >= 11 is 0. The average molecular weight is 596 g/mol. The predicted molar refractivity (Wildman–Crippen MR) is 154 cm³/mol. The van der Waals surface area contributed by atoms with Crippen molar-refractivity contribution in [1.82, 2.24) is 15.1 Å². The van der Waals surface area contributed by atoms with Crippen molar-refractivity contribution < 1.29 is 26.3 Å². The van der Waals surface area contributed by atoms with E-state index in [1.807, 2.05) is 30.3 Å². The van der Waals surface area contributed by atoms with Gasteiger partial charge in [-0.3, -0.25) is 9.80 Å². The van der Waals surface area contributed by atoms with Gasteiger partial charge >= 0.3 is 12.4 Å². The number of alkyl halides is 6. The maximum Gasteiger partial charge on any atom is 0.416 e. The Kier molecular flexibility index (Phi) is 8.06. The molecule has 0 spiro atoms. The molecule has 0 radical (unpaired) electrons. The van der Waals surface area contributed by atoms with Gasteiger partial charge in [0.15, 0.2) is 0 Å². The third kappa shape index (κ3) is 6.20. The molecular formula is C34H31F6N3. The summed E-state index contributed by atoms with van der Waals surface area (Å²) in [4.78, 5) is 4.84. The minimum Gasteiger partial charge on any atom is -0.311 e. The van der Waals surface area contributed by atoms with Gasteiger partial charge < -0.3 is 5.32 Å². The summed E-state index contributed by atoms with van der Waals surface area (Å²) in [5.41, 5.74) is 3.52. The summed E-state index contributed by atoms with van der Waals surface area (Å²) in [6.45, 7) is 3.43. The molecule has 1 aliphatic carbocycles. The smallest absolute Gasteiger partial charge is 0.311 e. The van der Waals surface area contributed by atoms with Crippen LogP contribution in [0, 0.1) is 0 Å². The highest BCUT2D eigenvalue weighted by atomic mass is 19.4. The van der Waals surface area contributed by atoms with E-state index in [4.69, 9.17) is 0 Å². The van der Waals surface area contributed by atoms with Gasteiger partial charge in [-0.2, -0.15) is 26.3 Å². The van der Waals surface area contributed by atoms with Crippen LogP contribution in [0.5, 0.6) is 0 Å². The second-order valence-corrected chi connectivity index (χ2v) is 11.1. The number of hydrogen-bond acceptors (Lipinski definition) is 3. The van der Waals surface area contributed by atoms with Gasteiger partial charge in [-0.25, -0.2) is 0 Å². The van der Waals surface area contributed by atoms with Gasteiger partial charge in [-0.1, -0.05) is 78.9 Å². The van der Waals surface area contributed by atoms with Crippen molar-refractivity contribution in [3.05, 3.63) is 130 Å². The van der Waals surface area contributed by atoms with Gasteiger partial charge in [0.1, 0.15) is 0 Å². The van der Waals surface area contributed by atoms with E-state index in [0.29, 0.717) is 6.54 Å². The highest BCUT2D eigenvalue weighted by Crippen LogP contribution is 2.46. The van der Waals surface area contributed by atoms with Gasteiger partial charge in [-0.05, 0) is 51.6 Å². The zero-order valence-corrected chi connectivity index (χ0v) is 23.3. The molecule has 1 heterocycles. The lowest BCUT2D eigenvalue weighted by Gasteiger charge is -2.42. The molecular weight excluding hydrogens is 564 g/mol. The molecule has 1 unspecified atom stereocenters. The Hall–Kier alpha value is -3.66. The molecule has 0 amide bonds. The monoisotopic (exact) mass is 595 g/mol. The third-order valence-electron chi connectivity index (χ3n) is 8.45. The zero-order chi connectivity index (χ0) is 30.2. The molecule has 1 fully saturated rings. The number of piperazine rings is 1. The van der Waals surface area contributed by atoms with E-state index < -0.39 is 23.5 Å². The Balaban J connectivity index is 1.17. The Morgan fingerprint density at radius 1 is 0.651 bits per heavy atom. The predicted octanol–water partition coefficient (Wildman–Crippen LogP) is 7.94. The lowest BCUT2D eigenvalue weighted by molar-refractivity contribution is -0.143. The lowest BCUT2D eigenvalue weighted by atomic mass is 10.0. The second-order valence-electron chi connectivity index (χ2n) is 11.1.